The van der Waals surface area contributed by atoms with Crippen LogP contribution < -0.4 is 0 Å². The van der Waals surface area contributed by atoms with Crippen LogP contribution in [0.2, 0.25) is 0 Å². The molecule has 0 atom stereocenters. The Morgan fingerprint density at radius 3 is 2.57 bits per heavy atom. The highest BCUT2D eigenvalue weighted by Crippen LogP contribution is 1.95. The molecule has 0 aromatic carbocycles. The number of ether oxygens (including phenoxy) is 3. The zero-order valence-electron chi connectivity index (χ0n) is 8.12. The Morgan fingerprint density at radius 1 is 1.36 bits per heavy atom. The molecular formula is C9H13NO4. The summed E-state index contributed by atoms with van der Waals surface area (Å²) in [5, 5.41) is 0. The van der Waals surface area contributed by atoms with E-state index in [1.165, 1.54) is 0 Å². The molecule has 0 saturated carbocycles. The molecule has 0 bridgehead atoms. The third-order valence-electron chi connectivity index (χ3n) is 1.26. The number of rotatable bonds is 7. The molecule has 0 aliphatic rings. The summed E-state index contributed by atoms with van der Waals surface area (Å²) in [4.78, 5) is 13.7. The average molecular weight is 199 g/mol. The second kappa shape index (κ2) is 8.23. The SMILES string of the molecule is [C-]#[N+]C(=C)C(=O)OCCOCCOC. The fourth-order valence-corrected chi connectivity index (χ4v) is 0.567. The smallest absolute Gasteiger partial charge is 0.335 e. The Morgan fingerprint density at radius 2 is 2.00 bits per heavy atom. The van der Waals surface area contributed by atoms with Crippen molar-refractivity contribution in [1.29, 1.82) is 0 Å². The minimum atomic E-state index is -0.699. The van der Waals surface area contributed by atoms with Crippen LogP contribution in [0.4, 0.5) is 0 Å². The molecule has 0 fully saturated rings. The van der Waals surface area contributed by atoms with Crippen LogP contribution in [0.3, 0.4) is 0 Å². The molecule has 0 aromatic rings. The van der Waals surface area contributed by atoms with Crippen molar-refractivity contribution in [1.82, 2.24) is 0 Å². The van der Waals surface area contributed by atoms with Crippen LogP contribution in [0.5, 0.6) is 0 Å². The summed E-state index contributed by atoms with van der Waals surface area (Å²) < 4.78 is 14.4. The minimum absolute atomic E-state index is 0.122. The zero-order chi connectivity index (χ0) is 10.8. The number of carbonyl (C=O) groups excluding carboxylic acids is 1. The molecule has 5 heteroatoms. The Hall–Kier alpha value is -1.38. The fraction of sp³-hybridized carbons (Fsp3) is 0.556. The Labute approximate surface area is 83.1 Å². The zero-order valence-corrected chi connectivity index (χ0v) is 8.12. The lowest BCUT2D eigenvalue weighted by Gasteiger charge is -2.04. The van der Waals surface area contributed by atoms with Gasteiger partial charge in [-0.25, -0.2) is 4.85 Å². The van der Waals surface area contributed by atoms with Crippen molar-refractivity contribution < 1.29 is 19.0 Å². The van der Waals surface area contributed by atoms with E-state index in [-0.39, 0.29) is 12.3 Å². The van der Waals surface area contributed by atoms with Crippen molar-refractivity contribution >= 4 is 5.97 Å². The van der Waals surface area contributed by atoms with Crippen molar-refractivity contribution in [2.45, 2.75) is 0 Å². The van der Waals surface area contributed by atoms with Crippen LogP contribution in [0.25, 0.3) is 4.85 Å². The molecule has 0 spiro atoms. The van der Waals surface area contributed by atoms with Crippen molar-refractivity contribution in [3.8, 4) is 0 Å². The van der Waals surface area contributed by atoms with Gasteiger partial charge < -0.3 is 14.2 Å². The van der Waals surface area contributed by atoms with Crippen LogP contribution in [0, 0.1) is 6.57 Å². The maximum atomic E-state index is 10.8. The van der Waals surface area contributed by atoms with E-state index in [9.17, 15) is 4.79 Å². The van der Waals surface area contributed by atoms with Gasteiger partial charge in [0.2, 0.25) is 0 Å². The van der Waals surface area contributed by atoms with E-state index in [2.05, 4.69) is 16.2 Å². The van der Waals surface area contributed by atoms with E-state index in [1.54, 1.807) is 7.11 Å². The minimum Gasteiger partial charge on any atom is -0.468 e. The van der Waals surface area contributed by atoms with Crippen LogP contribution >= 0.6 is 0 Å². The summed E-state index contributed by atoms with van der Waals surface area (Å²) in [7, 11) is 1.57. The molecular weight excluding hydrogens is 186 g/mol. The van der Waals surface area contributed by atoms with Crippen molar-refractivity contribution in [3.63, 3.8) is 0 Å². The maximum absolute atomic E-state index is 10.8. The molecule has 0 saturated heterocycles. The molecule has 0 unspecified atom stereocenters. The summed E-state index contributed by atoms with van der Waals surface area (Å²) in [6.07, 6.45) is 0. The maximum Gasteiger partial charge on any atom is 0.335 e. The van der Waals surface area contributed by atoms with Gasteiger partial charge in [-0.05, 0) is 0 Å². The summed E-state index contributed by atoms with van der Waals surface area (Å²) in [5.41, 5.74) is -0.220. The second-order valence-corrected chi connectivity index (χ2v) is 2.30. The standard InChI is InChI=1S/C9H13NO4/c1-8(10-2)9(11)14-7-6-13-5-4-12-3/h1,4-7H2,3H3. The van der Waals surface area contributed by atoms with Crippen molar-refractivity contribution in [3.05, 3.63) is 23.7 Å². The molecule has 0 N–H and O–H groups in total. The van der Waals surface area contributed by atoms with E-state index in [0.29, 0.717) is 19.8 Å². The number of carbonyl (C=O) groups is 1. The second-order valence-electron chi connectivity index (χ2n) is 2.30. The van der Waals surface area contributed by atoms with Gasteiger partial charge in [0.05, 0.1) is 26.4 Å². The quantitative estimate of drug-likeness (QED) is 0.261. The molecule has 0 aliphatic heterocycles. The van der Waals surface area contributed by atoms with E-state index in [0.717, 1.165) is 0 Å². The highest BCUT2D eigenvalue weighted by Gasteiger charge is 2.06. The van der Waals surface area contributed by atoms with Gasteiger partial charge in [0.1, 0.15) is 6.61 Å². The number of hydrogen-bond donors (Lipinski definition) is 0. The van der Waals surface area contributed by atoms with Gasteiger partial charge >= 0.3 is 5.97 Å². The van der Waals surface area contributed by atoms with Gasteiger partial charge in [-0.3, -0.25) is 4.79 Å². The van der Waals surface area contributed by atoms with E-state index in [4.69, 9.17) is 16.0 Å². The van der Waals surface area contributed by atoms with Gasteiger partial charge in [0.25, 0.3) is 5.70 Å². The van der Waals surface area contributed by atoms with E-state index in [1.807, 2.05) is 0 Å². The molecule has 0 aliphatic carbocycles. The monoisotopic (exact) mass is 199 g/mol. The van der Waals surface area contributed by atoms with Gasteiger partial charge in [-0.15, -0.1) is 0 Å². The highest BCUT2D eigenvalue weighted by atomic mass is 16.6. The third-order valence-corrected chi connectivity index (χ3v) is 1.26. The van der Waals surface area contributed by atoms with Gasteiger partial charge in [-0.1, -0.05) is 6.58 Å². The summed E-state index contributed by atoms with van der Waals surface area (Å²) in [5.74, 6) is -0.699. The van der Waals surface area contributed by atoms with Gasteiger partial charge in [-0.2, -0.15) is 0 Å². The lowest BCUT2D eigenvalue weighted by Crippen LogP contribution is -2.12. The molecule has 0 amide bonds. The molecule has 14 heavy (non-hydrogen) atoms. The average Bonchev–Trinajstić information content (AvgIpc) is 2.21. The summed E-state index contributed by atoms with van der Waals surface area (Å²) in [6, 6.07) is 0. The van der Waals surface area contributed by atoms with E-state index >= 15 is 0 Å². The molecule has 0 heterocycles. The lowest BCUT2D eigenvalue weighted by molar-refractivity contribution is -0.140. The van der Waals surface area contributed by atoms with E-state index < -0.39 is 5.97 Å². The third kappa shape index (κ3) is 6.17. The lowest BCUT2D eigenvalue weighted by atomic mass is 10.5. The molecule has 5 nitrogen and oxygen atoms in total. The first-order valence-corrected chi connectivity index (χ1v) is 4.02. The van der Waals surface area contributed by atoms with Crippen molar-refractivity contribution in [2.75, 3.05) is 33.5 Å². The van der Waals surface area contributed by atoms with Gasteiger partial charge in [0, 0.05) is 7.11 Å². The summed E-state index contributed by atoms with van der Waals surface area (Å²) >= 11 is 0. The summed E-state index contributed by atoms with van der Waals surface area (Å²) in [6.45, 7) is 11.1. The predicted molar refractivity (Wildman–Crippen MR) is 49.4 cm³/mol. The first-order chi connectivity index (χ1) is 6.72. The fourth-order valence-electron chi connectivity index (χ4n) is 0.567. The number of hydrogen-bond acceptors (Lipinski definition) is 4. The molecule has 78 valence electrons. The highest BCUT2D eigenvalue weighted by molar-refractivity contribution is 5.89. The first-order valence-electron chi connectivity index (χ1n) is 4.02. The topological polar surface area (TPSA) is 49.1 Å². The largest absolute Gasteiger partial charge is 0.468 e. The van der Waals surface area contributed by atoms with Crippen LogP contribution in [0.15, 0.2) is 12.3 Å². The molecule has 0 rings (SSSR count). The number of nitrogens with zero attached hydrogens (tertiary/aromatic N) is 1. The normalized spacial score (nSPS) is 9.14. The van der Waals surface area contributed by atoms with Crippen molar-refractivity contribution in [2.24, 2.45) is 0 Å². The van der Waals surface area contributed by atoms with Crippen LogP contribution in [-0.4, -0.2) is 39.5 Å². The molecule has 0 aromatic heterocycles. The molecule has 0 radical (unpaired) electrons. The number of methoxy groups -OCH3 is 1. The Balaban J connectivity index is 3.33. The first kappa shape index (κ1) is 12.6. The number of esters is 1. The van der Waals surface area contributed by atoms with Crippen LogP contribution in [0.1, 0.15) is 0 Å². The Bertz CT molecular complexity index is 231. The Kier molecular flexibility index (Phi) is 7.42. The van der Waals surface area contributed by atoms with Gasteiger partial charge in [0.15, 0.2) is 0 Å². The predicted octanol–water partition coefficient (Wildman–Crippen LogP) is 0.626. The van der Waals surface area contributed by atoms with Crippen LogP contribution in [-0.2, 0) is 19.0 Å².